The largest absolute Gasteiger partial charge is 0.349 e. The van der Waals surface area contributed by atoms with E-state index in [1.807, 2.05) is 0 Å². The predicted molar refractivity (Wildman–Crippen MR) is 62.1 cm³/mol. The highest BCUT2D eigenvalue weighted by Crippen LogP contribution is 2.09. The smallest absolute Gasteiger partial charge is 0.271 e. The van der Waals surface area contributed by atoms with Gasteiger partial charge in [-0.25, -0.2) is 15.1 Å². The lowest BCUT2D eigenvalue weighted by molar-refractivity contribution is -0.485. The summed E-state index contributed by atoms with van der Waals surface area (Å²) in [5, 5.41) is 15.9. The highest BCUT2D eigenvalue weighted by atomic mass is 35.5. The number of hydrogen-bond acceptors (Lipinski definition) is 3. The van der Waals surface area contributed by atoms with E-state index in [1.165, 1.54) is 11.1 Å². The first-order valence-electron chi connectivity index (χ1n) is 5.43. The number of nitrogens with one attached hydrogen (secondary N) is 1. The third-order valence-corrected chi connectivity index (χ3v) is 2.36. The number of halogens is 1. The lowest BCUT2D eigenvalue weighted by atomic mass is 10.3. The SMILES string of the molecule is [3H]C(c1ccc(Cl)nc1)N1CCN/C1=N\[N+](=O)[O-]. The van der Waals surface area contributed by atoms with E-state index in [1.54, 1.807) is 12.1 Å². The van der Waals surface area contributed by atoms with E-state index in [4.69, 9.17) is 13.0 Å². The minimum Gasteiger partial charge on any atom is -0.349 e. The van der Waals surface area contributed by atoms with Gasteiger partial charge in [-0.05, 0) is 11.6 Å². The molecule has 1 saturated heterocycles. The number of nitrogens with zero attached hydrogens (tertiary/aromatic N) is 4. The zero-order valence-electron chi connectivity index (χ0n) is 9.71. The zero-order chi connectivity index (χ0) is 13.1. The van der Waals surface area contributed by atoms with Crippen LogP contribution in [0.25, 0.3) is 0 Å². The van der Waals surface area contributed by atoms with Crippen LogP contribution in [0.5, 0.6) is 0 Å². The first kappa shape index (κ1) is 10.3. The lowest BCUT2D eigenvalue weighted by Crippen LogP contribution is -2.30. The van der Waals surface area contributed by atoms with Crippen LogP contribution in [-0.4, -0.2) is 34.0 Å². The fourth-order valence-corrected chi connectivity index (χ4v) is 1.55. The summed E-state index contributed by atoms with van der Waals surface area (Å²) in [4.78, 5) is 15.7. The van der Waals surface area contributed by atoms with Gasteiger partial charge in [0.15, 0.2) is 5.03 Å². The molecule has 1 fully saturated rings. The maximum atomic E-state index is 10.4. The van der Waals surface area contributed by atoms with Crippen molar-refractivity contribution in [1.29, 1.82) is 0 Å². The maximum absolute atomic E-state index is 10.4. The van der Waals surface area contributed by atoms with Gasteiger partial charge in [0.2, 0.25) is 0 Å². The fourth-order valence-electron chi connectivity index (χ4n) is 1.44. The normalized spacial score (nSPS) is 19.9. The third-order valence-electron chi connectivity index (χ3n) is 2.14. The molecule has 1 N–H and O–H groups in total. The summed E-state index contributed by atoms with van der Waals surface area (Å²) in [6.45, 7) is 0.190. The van der Waals surface area contributed by atoms with E-state index in [-0.39, 0.29) is 5.96 Å². The van der Waals surface area contributed by atoms with Gasteiger partial charge in [0.1, 0.15) is 10.3 Å². The molecule has 0 aromatic carbocycles. The summed E-state index contributed by atoms with van der Waals surface area (Å²) >= 11 is 5.66. The van der Waals surface area contributed by atoms with E-state index in [2.05, 4.69) is 15.4 Å². The number of hydrazone groups is 1. The summed E-state index contributed by atoms with van der Waals surface area (Å²) < 4.78 is 8.05. The Morgan fingerprint density at radius 2 is 2.59 bits per heavy atom. The molecule has 2 heterocycles. The van der Waals surface area contributed by atoms with Crippen LogP contribution in [0.1, 0.15) is 6.93 Å². The molecule has 90 valence electrons. The third kappa shape index (κ3) is 3.04. The molecule has 7 nitrogen and oxygen atoms in total. The van der Waals surface area contributed by atoms with E-state index in [0.717, 1.165) is 0 Å². The zero-order valence-corrected chi connectivity index (χ0v) is 9.46. The first-order chi connectivity index (χ1) is 8.58. The van der Waals surface area contributed by atoms with Gasteiger partial charge in [0.25, 0.3) is 5.96 Å². The molecule has 0 amide bonds. The quantitative estimate of drug-likeness (QED) is 0.489. The standard InChI is InChI=1S/C9H10ClN5O2/c10-8-2-1-7(5-12-8)6-14-4-3-11-9(14)13-15(16)17/h1-2,5H,3-4,6H2,(H,11,13)/i6T. The van der Waals surface area contributed by atoms with E-state index in [9.17, 15) is 10.1 Å². The predicted octanol–water partition coefficient (Wildman–Crippen LogP) is 0.688. The minimum absolute atomic E-state index is 0.0925. The second-order valence-electron chi connectivity index (χ2n) is 3.32. The van der Waals surface area contributed by atoms with Crippen LogP contribution in [0, 0.1) is 10.1 Å². The van der Waals surface area contributed by atoms with E-state index >= 15 is 0 Å². The Bertz CT molecular complexity index is 480. The molecule has 17 heavy (non-hydrogen) atoms. The Hall–Kier alpha value is -1.89. The van der Waals surface area contributed by atoms with Gasteiger partial charge in [-0.3, -0.25) is 0 Å². The molecular formula is C9H10ClN5O2. The van der Waals surface area contributed by atoms with Crippen LogP contribution < -0.4 is 5.32 Å². The molecule has 0 saturated carbocycles. The van der Waals surface area contributed by atoms with Gasteiger partial charge in [0.05, 0.1) is 1.37 Å². The Morgan fingerprint density at radius 3 is 3.24 bits per heavy atom. The van der Waals surface area contributed by atoms with Crippen molar-refractivity contribution in [2.24, 2.45) is 5.10 Å². The van der Waals surface area contributed by atoms with Crippen LogP contribution in [0.15, 0.2) is 23.4 Å². The highest BCUT2D eigenvalue weighted by Gasteiger charge is 2.21. The lowest BCUT2D eigenvalue weighted by Gasteiger charge is -2.14. The van der Waals surface area contributed by atoms with Gasteiger partial charge in [-0.2, -0.15) is 0 Å². The summed E-state index contributed by atoms with van der Waals surface area (Å²) in [7, 11) is 0. The number of aromatic nitrogens is 1. The second-order valence-corrected chi connectivity index (χ2v) is 3.71. The fraction of sp³-hybridized carbons (Fsp3) is 0.333. The highest BCUT2D eigenvalue weighted by molar-refractivity contribution is 6.29. The molecular weight excluding hydrogens is 246 g/mol. The van der Waals surface area contributed by atoms with Crippen LogP contribution >= 0.6 is 11.6 Å². The van der Waals surface area contributed by atoms with Crippen molar-refractivity contribution < 1.29 is 6.40 Å². The van der Waals surface area contributed by atoms with Crippen molar-refractivity contribution in [1.82, 2.24) is 15.2 Å². The molecule has 2 rings (SSSR count). The number of rotatable bonds is 3. The van der Waals surface area contributed by atoms with Crippen LogP contribution in [0.4, 0.5) is 0 Å². The molecule has 0 aliphatic carbocycles. The summed E-state index contributed by atoms with van der Waals surface area (Å²) in [6, 6.07) is 3.24. The monoisotopic (exact) mass is 257 g/mol. The topological polar surface area (TPSA) is 83.7 Å². The van der Waals surface area contributed by atoms with Gasteiger partial charge < -0.3 is 10.2 Å². The van der Waals surface area contributed by atoms with Crippen molar-refractivity contribution in [3.8, 4) is 0 Å². The Kier molecular flexibility index (Phi) is 3.00. The van der Waals surface area contributed by atoms with Crippen molar-refractivity contribution >= 4 is 17.6 Å². The molecule has 1 aliphatic rings. The van der Waals surface area contributed by atoms with Gasteiger partial charge in [-0.15, -0.1) is 0 Å². The number of nitro groups is 1. The molecule has 1 aliphatic heterocycles. The van der Waals surface area contributed by atoms with Crippen LogP contribution in [0.3, 0.4) is 0 Å². The number of guanidine groups is 1. The van der Waals surface area contributed by atoms with E-state index in [0.29, 0.717) is 23.8 Å². The second kappa shape index (κ2) is 4.96. The van der Waals surface area contributed by atoms with Crippen molar-refractivity contribution in [2.75, 3.05) is 13.1 Å². The molecule has 1 atom stereocenters. The summed E-state index contributed by atoms with van der Waals surface area (Å²) in [5.41, 5.74) is 0.596. The van der Waals surface area contributed by atoms with Gasteiger partial charge in [-0.1, -0.05) is 17.7 Å². The Morgan fingerprint density at radius 1 is 1.76 bits per heavy atom. The molecule has 0 bridgehead atoms. The average molecular weight is 258 g/mol. The molecule has 8 heteroatoms. The van der Waals surface area contributed by atoms with Crippen LogP contribution in [0.2, 0.25) is 5.15 Å². The number of hydrogen-bond donors (Lipinski definition) is 1. The van der Waals surface area contributed by atoms with Crippen LogP contribution in [-0.2, 0) is 6.52 Å². The van der Waals surface area contributed by atoms with Gasteiger partial charge in [0, 0.05) is 25.8 Å². The van der Waals surface area contributed by atoms with E-state index < -0.39 is 11.6 Å². The average Bonchev–Trinajstić information content (AvgIpc) is 2.76. The first-order valence-corrected chi connectivity index (χ1v) is 5.23. The molecule has 0 spiro atoms. The molecule has 1 unspecified atom stereocenters. The van der Waals surface area contributed by atoms with Crippen molar-refractivity contribution in [3.63, 3.8) is 0 Å². The molecule has 0 radical (unpaired) electrons. The minimum atomic E-state index is -0.802. The molecule has 1 aromatic rings. The molecule has 1 aromatic heterocycles. The van der Waals surface area contributed by atoms with Crippen molar-refractivity contribution in [2.45, 2.75) is 6.52 Å². The number of pyridine rings is 1. The summed E-state index contributed by atoms with van der Waals surface area (Å²) in [6.07, 6.45) is 1.47. The summed E-state index contributed by atoms with van der Waals surface area (Å²) in [5.74, 6) is 0.0925. The Balaban J connectivity index is 2.20. The maximum Gasteiger partial charge on any atom is 0.271 e. The Labute approximate surface area is 104 Å². The van der Waals surface area contributed by atoms with Crippen molar-refractivity contribution in [3.05, 3.63) is 39.2 Å². The van der Waals surface area contributed by atoms with Gasteiger partial charge >= 0.3 is 0 Å².